The molecule has 43 heavy (non-hydrogen) atoms. The van der Waals surface area contributed by atoms with Crippen molar-refractivity contribution < 1.29 is 23.2 Å². The maximum Gasteiger partial charge on any atom is 0.315 e. The van der Waals surface area contributed by atoms with Crippen LogP contribution in [0.2, 0.25) is 36.3 Å². The molecule has 4 atom stereocenters. The molecule has 9 heteroatoms. The summed E-state index contributed by atoms with van der Waals surface area (Å²) in [5.74, 6) is 2.39. The average Bonchev–Trinajstić information content (AvgIpc) is 3.14. The van der Waals surface area contributed by atoms with E-state index in [1.165, 1.54) is 39.2 Å². The number of thioether (sulfide) groups is 2. The Morgan fingerprint density at radius 2 is 1.67 bits per heavy atom. The number of hydrogen-bond acceptors (Lipinski definition) is 7. The van der Waals surface area contributed by atoms with Crippen LogP contribution in [-0.2, 0) is 23.2 Å². The van der Waals surface area contributed by atoms with Crippen LogP contribution in [0, 0.1) is 11.3 Å². The van der Waals surface area contributed by atoms with Gasteiger partial charge in [0.05, 0.1) is 30.3 Å². The van der Waals surface area contributed by atoms with Crippen LogP contribution >= 0.6 is 23.5 Å². The Balaban J connectivity index is 2.25. The van der Waals surface area contributed by atoms with Crippen LogP contribution in [0.3, 0.4) is 0 Å². The van der Waals surface area contributed by atoms with Gasteiger partial charge in [-0.2, -0.15) is 11.8 Å². The van der Waals surface area contributed by atoms with Crippen molar-refractivity contribution in [1.29, 1.82) is 0 Å². The number of ether oxygens (including phenoxy) is 1. The van der Waals surface area contributed by atoms with Crippen molar-refractivity contribution >= 4 is 51.9 Å². The van der Waals surface area contributed by atoms with E-state index in [1.54, 1.807) is 23.5 Å². The van der Waals surface area contributed by atoms with Gasteiger partial charge in [0.15, 0.2) is 16.6 Å². The van der Waals surface area contributed by atoms with Gasteiger partial charge in [-0.1, -0.05) is 73.5 Å². The second-order valence-electron chi connectivity index (χ2n) is 15.9. The summed E-state index contributed by atoms with van der Waals surface area (Å²) < 4.78 is 18.9. The van der Waals surface area contributed by atoms with Crippen molar-refractivity contribution in [3.05, 3.63) is 12.2 Å². The molecule has 0 aliphatic heterocycles. The van der Waals surface area contributed by atoms with E-state index in [9.17, 15) is 9.59 Å². The third-order valence-electron chi connectivity index (χ3n) is 10.7. The predicted octanol–water partition coefficient (Wildman–Crippen LogP) is 9.67. The van der Waals surface area contributed by atoms with Gasteiger partial charge in [-0.3, -0.25) is 9.59 Å². The number of carbonyl (C=O) groups is 2. The Bertz CT molecular complexity index is 934. The number of hydrogen-bond donors (Lipinski definition) is 0. The van der Waals surface area contributed by atoms with Gasteiger partial charge in [-0.15, -0.1) is 11.8 Å². The second-order valence-corrected chi connectivity index (χ2v) is 27.8. The largest absolute Gasteiger partial charge is 0.468 e. The van der Waals surface area contributed by atoms with Crippen molar-refractivity contribution in [2.75, 3.05) is 24.4 Å². The van der Waals surface area contributed by atoms with Crippen molar-refractivity contribution in [3.8, 4) is 0 Å². The summed E-state index contributed by atoms with van der Waals surface area (Å²) in [6.07, 6.45) is 13.5. The molecule has 0 saturated heterocycles. The van der Waals surface area contributed by atoms with Crippen molar-refractivity contribution in [3.63, 3.8) is 0 Å². The molecule has 2 aliphatic rings. The molecule has 0 amide bonds. The van der Waals surface area contributed by atoms with Gasteiger partial charge in [0.1, 0.15) is 5.78 Å². The third-order valence-corrected chi connectivity index (χ3v) is 22.1. The summed E-state index contributed by atoms with van der Waals surface area (Å²) in [7, 11) is -2.56. The highest BCUT2D eigenvalue weighted by Gasteiger charge is 2.49. The van der Waals surface area contributed by atoms with E-state index in [1.807, 2.05) is 0 Å². The molecule has 2 saturated carbocycles. The molecule has 0 N–H and O–H groups in total. The van der Waals surface area contributed by atoms with Gasteiger partial charge in [0.2, 0.25) is 0 Å². The molecule has 0 aromatic heterocycles. The van der Waals surface area contributed by atoms with E-state index in [0.29, 0.717) is 18.0 Å². The fourth-order valence-electron chi connectivity index (χ4n) is 5.73. The Kier molecular flexibility index (Phi) is 14.7. The first kappa shape index (κ1) is 39.1. The molecule has 0 bridgehead atoms. The fraction of sp³-hybridized carbons (Fsp3) is 0.882. The van der Waals surface area contributed by atoms with Crippen LogP contribution in [-0.4, -0.2) is 70.2 Å². The molecule has 0 aromatic carbocycles. The normalized spacial score (nSPS) is 23.9. The Labute approximate surface area is 275 Å². The van der Waals surface area contributed by atoms with Gasteiger partial charge >= 0.3 is 5.97 Å². The first-order chi connectivity index (χ1) is 19.8. The SMILES string of the molecule is CCCC1(C(CC=C[C@H]2[C@H](O[Si](C)(C)C(C)(C)C)CC(=O)[C@@H]2SCCCSCC(=O)OC)O[Si](C)(C)C(C)(C)C)CCC1. The zero-order chi connectivity index (χ0) is 32.7. The summed E-state index contributed by atoms with van der Waals surface area (Å²) in [6.45, 7) is 25.5. The zero-order valence-corrected chi connectivity index (χ0v) is 33.2. The summed E-state index contributed by atoms with van der Waals surface area (Å²) in [5, 5.41) is 0.179. The second kappa shape index (κ2) is 16.2. The van der Waals surface area contributed by atoms with Gasteiger partial charge in [0, 0.05) is 12.3 Å². The molecule has 2 rings (SSSR count). The minimum atomic E-state index is -2.05. The molecular formula is C34H64O5S2Si2. The van der Waals surface area contributed by atoms with Crippen LogP contribution in [0.15, 0.2) is 12.2 Å². The smallest absolute Gasteiger partial charge is 0.315 e. The number of esters is 1. The van der Waals surface area contributed by atoms with Crippen molar-refractivity contribution in [2.45, 2.75) is 154 Å². The van der Waals surface area contributed by atoms with Gasteiger partial charge in [0.25, 0.3) is 0 Å². The fourth-order valence-corrected chi connectivity index (χ4v) is 10.8. The number of Topliss-reactive ketones (excluding diaryl/α,β-unsaturated/α-hetero) is 1. The highest BCUT2D eigenvalue weighted by atomic mass is 32.2. The minimum absolute atomic E-state index is 0.0658. The van der Waals surface area contributed by atoms with Crippen molar-refractivity contribution in [2.24, 2.45) is 11.3 Å². The Morgan fingerprint density at radius 1 is 1.05 bits per heavy atom. The van der Waals surface area contributed by atoms with E-state index in [4.69, 9.17) is 13.6 Å². The summed E-state index contributed by atoms with van der Waals surface area (Å²) in [6, 6.07) is 0. The summed E-state index contributed by atoms with van der Waals surface area (Å²) in [4.78, 5) is 24.9. The van der Waals surface area contributed by atoms with E-state index in [-0.39, 0.29) is 44.8 Å². The van der Waals surface area contributed by atoms with E-state index in [2.05, 4.69) is 86.8 Å². The molecule has 0 radical (unpaired) electrons. The topological polar surface area (TPSA) is 61.8 Å². The molecule has 2 aliphatic carbocycles. The highest BCUT2D eigenvalue weighted by molar-refractivity contribution is 8.01. The van der Waals surface area contributed by atoms with E-state index < -0.39 is 16.6 Å². The van der Waals surface area contributed by atoms with Crippen molar-refractivity contribution in [1.82, 2.24) is 0 Å². The lowest BCUT2D eigenvalue weighted by molar-refractivity contribution is -0.137. The monoisotopic (exact) mass is 672 g/mol. The molecule has 0 aromatic rings. The van der Waals surface area contributed by atoms with Crippen LogP contribution in [0.4, 0.5) is 0 Å². The van der Waals surface area contributed by atoms with Crippen LogP contribution in [0.5, 0.6) is 0 Å². The van der Waals surface area contributed by atoms with Gasteiger partial charge in [-0.05, 0) is 85.3 Å². The van der Waals surface area contributed by atoms with Crippen LogP contribution in [0.25, 0.3) is 0 Å². The predicted molar refractivity (Wildman–Crippen MR) is 192 cm³/mol. The summed E-state index contributed by atoms with van der Waals surface area (Å²) >= 11 is 3.39. The van der Waals surface area contributed by atoms with Gasteiger partial charge < -0.3 is 13.6 Å². The average molecular weight is 673 g/mol. The van der Waals surface area contributed by atoms with E-state index in [0.717, 1.165) is 24.3 Å². The maximum absolute atomic E-state index is 13.5. The zero-order valence-electron chi connectivity index (χ0n) is 29.6. The lowest BCUT2D eigenvalue weighted by Crippen LogP contribution is -2.51. The quantitative estimate of drug-likeness (QED) is 0.0660. The number of carbonyl (C=O) groups excluding carboxylic acids is 2. The van der Waals surface area contributed by atoms with Crippen LogP contribution in [0.1, 0.15) is 99.8 Å². The number of methoxy groups -OCH3 is 1. The molecule has 5 nitrogen and oxygen atoms in total. The van der Waals surface area contributed by atoms with E-state index >= 15 is 0 Å². The van der Waals surface area contributed by atoms with Crippen LogP contribution < -0.4 is 0 Å². The molecule has 0 heterocycles. The Hall–Kier alpha value is -0.0662. The third kappa shape index (κ3) is 10.7. The number of rotatable bonds is 17. The van der Waals surface area contributed by atoms with Gasteiger partial charge in [-0.25, -0.2) is 0 Å². The first-order valence-electron chi connectivity index (χ1n) is 16.6. The molecule has 2 fully saturated rings. The standard InChI is InChI=1S/C34H64O5S2Si2/c1-13-19-34(20-15-21-34)29(39-43(11,12)33(5,6)7)18-14-17-26-28(38-42(9,10)32(2,3)4)24-27(35)31(26)41-23-16-22-40-25-30(36)37-8/h14,17,26,28-29,31H,13,15-16,18-25H2,1-12H3/t26-,28+,29?,31+/m0/s1. The molecule has 0 spiro atoms. The molecule has 250 valence electrons. The molecule has 1 unspecified atom stereocenters. The minimum Gasteiger partial charge on any atom is -0.468 e. The summed E-state index contributed by atoms with van der Waals surface area (Å²) in [5.41, 5.74) is 0.285. The number of ketones is 1. The lowest BCUT2D eigenvalue weighted by atomic mass is 9.62. The first-order valence-corrected chi connectivity index (χ1v) is 24.6. The Morgan fingerprint density at radius 3 is 2.19 bits per heavy atom. The maximum atomic E-state index is 13.5. The lowest BCUT2D eigenvalue weighted by Gasteiger charge is -2.51. The molecular weight excluding hydrogens is 609 g/mol. The highest BCUT2D eigenvalue weighted by Crippen LogP contribution is 2.52.